The molecule has 0 N–H and O–H groups in total. The van der Waals surface area contributed by atoms with Crippen LogP contribution in [0.25, 0.3) is 11.4 Å². The minimum Gasteiger partial charge on any atom is -0.356 e. The Kier molecular flexibility index (Phi) is 6.33. The number of alkyl halides is 3. The highest BCUT2D eigenvalue weighted by molar-refractivity contribution is 9.10. The quantitative estimate of drug-likeness (QED) is 0.389. The van der Waals surface area contributed by atoms with Crippen LogP contribution in [0.3, 0.4) is 0 Å². The van der Waals surface area contributed by atoms with E-state index in [0.717, 1.165) is 11.9 Å². The number of benzene rings is 1. The van der Waals surface area contributed by atoms with Crippen molar-refractivity contribution in [2.24, 2.45) is 0 Å². The van der Waals surface area contributed by atoms with Crippen molar-refractivity contribution in [3.8, 4) is 11.4 Å². The molecule has 0 radical (unpaired) electrons. The molecule has 2 rings (SSSR count). The number of rotatable bonds is 6. The first-order valence-electron chi connectivity index (χ1n) is 6.90. The monoisotopic (exact) mass is 427 g/mol. The third-order valence-electron chi connectivity index (χ3n) is 3.11. The molecule has 0 aliphatic rings. The smallest absolute Gasteiger partial charge is 0.356 e. The van der Waals surface area contributed by atoms with Gasteiger partial charge in [0.15, 0.2) is 5.69 Å². The van der Waals surface area contributed by atoms with E-state index in [1.165, 1.54) is 16.7 Å². The van der Waals surface area contributed by atoms with Crippen LogP contribution in [0.5, 0.6) is 0 Å². The van der Waals surface area contributed by atoms with Gasteiger partial charge in [0, 0.05) is 10.7 Å². The summed E-state index contributed by atoms with van der Waals surface area (Å²) in [6.45, 7) is 0.295. The second-order valence-electron chi connectivity index (χ2n) is 5.27. The lowest BCUT2D eigenvalue weighted by Gasteiger charge is -2.09. The molecule has 24 heavy (non-hydrogen) atoms. The third-order valence-corrected chi connectivity index (χ3v) is 4.58. The summed E-state index contributed by atoms with van der Waals surface area (Å²) in [5, 5.41) is 0. The van der Waals surface area contributed by atoms with E-state index in [-0.39, 0.29) is 29.0 Å². The lowest BCUT2D eigenvalue weighted by molar-refractivity contribution is -0.141. The molecule has 0 saturated heterocycles. The molecular formula is C15H16BrF4N2OS+. The Morgan fingerprint density at radius 2 is 2.00 bits per heavy atom. The molecule has 0 fully saturated rings. The number of halogens is 5. The molecule has 9 heteroatoms. The van der Waals surface area contributed by atoms with Gasteiger partial charge in [0.25, 0.3) is 0 Å². The second-order valence-corrected chi connectivity index (χ2v) is 8.56. The Morgan fingerprint density at radius 3 is 2.58 bits per heavy atom. The zero-order chi connectivity index (χ0) is 17.9. The van der Waals surface area contributed by atoms with Crippen LogP contribution in [-0.2, 0) is 28.5 Å². The van der Waals surface area contributed by atoms with E-state index in [9.17, 15) is 17.6 Å². The fourth-order valence-electron chi connectivity index (χ4n) is 1.93. The molecular weight excluding hydrogens is 412 g/mol. The van der Waals surface area contributed by atoms with Crippen LogP contribution in [0.2, 0.25) is 0 Å². The normalized spacial score (nSPS) is 12.2. The summed E-state index contributed by atoms with van der Waals surface area (Å²) in [7, 11) is 0.175. The average Bonchev–Trinajstić information content (AvgIpc) is 2.87. The van der Waals surface area contributed by atoms with Crippen LogP contribution in [0, 0.1) is 5.82 Å². The lowest BCUT2D eigenvalue weighted by atomic mass is 10.2. The maximum absolute atomic E-state index is 14.1. The fraction of sp³-hybridized carbons (Fsp3) is 0.400. The molecule has 0 amide bonds. The Labute approximate surface area is 148 Å². The summed E-state index contributed by atoms with van der Waals surface area (Å²) in [5.41, 5.74) is -1.09. The number of aromatic nitrogens is 2. The Balaban J connectivity index is 2.32. The van der Waals surface area contributed by atoms with Gasteiger partial charge in [0.1, 0.15) is 24.1 Å². The standard InChI is InChI=1S/C15H16BrF4N2OS/c1-24(2)6-5-23-9-22-8-13(15(18,19)20)21-14(22)11-4-3-10(16)7-12(11)17/h3-4,7-8H,5-6,9H2,1-2H3/q+1. The predicted molar refractivity (Wildman–Crippen MR) is 90.4 cm³/mol. The molecule has 2 aromatic rings. The highest BCUT2D eigenvalue weighted by Crippen LogP contribution is 2.32. The van der Waals surface area contributed by atoms with Gasteiger partial charge in [-0.25, -0.2) is 9.37 Å². The maximum atomic E-state index is 14.1. The van der Waals surface area contributed by atoms with E-state index in [2.05, 4.69) is 20.9 Å². The van der Waals surface area contributed by atoms with Gasteiger partial charge in [-0.05, 0) is 29.1 Å². The zero-order valence-corrected chi connectivity index (χ0v) is 15.4. The minimum absolute atomic E-state index is 0.0111. The Morgan fingerprint density at radius 1 is 1.29 bits per heavy atom. The van der Waals surface area contributed by atoms with Gasteiger partial charge in [-0.1, -0.05) is 15.9 Å². The number of hydrogen-bond donors (Lipinski definition) is 0. The van der Waals surface area contributed by atoms with Crippen LogP contribution in [0.4, 0.5) is 17.6 Å². The van der Waals surface area contributed by atoms with Crippen molar-refractivity contribution in [3.05, 3.63) is 40.4 Å². The van der Waals surface area contributed by atoms with Gasteiger partial charge in [-0.2, -0.15) is 13.2 Å². The molecule has 1 aromatic heterocycles. The number of ether oxygens (including phenoxy) is 1. The van der Waals surface area contributed by atoms with E-state index in [0.29, 0.717) is 11.1 Å². The summed E-state index contributed by atoms with van der Waals surface area (Å²) >= 11 is 3.12. The minimum atomic E-state index is -4.61. The molecule has 132 valence electrons. The SMILES string of the molecule is C[S+](C)CCOCn1cc(C(F)(F)F)nc1-c1ccc(Br)cc1F. The van der Waals surface area contributed by atoms with Crippen LogP contribution in [-0.4, -0.2) is 34.4 Å². The van der Waals surface area contributed by atoms with E-state index in [4.69, 9.17) is 4.74 Å². The summed E-state index contributed by atoms with van der Waals surface area (Å²) in [6, 6.07) is 4.11. The average molecular weight is 428 g/mol. The van der Waals surface area contributed by atoms with Gasteiger partial charge in [-0.3, -0.25) is 0 Å². The largest absolute Gasteiger partial charge is 0.434 e. The van der Waals surface area contributed by atoms with Crippen molar-refractivity contribution in [1.29, 1.82) is 0 Å². The second kappa shape index (κ2) is 7.88. The topological polar surface area (TPSA) is 27.1 Å². The van der Waals surface area contributed by atoms with Crippen LogP contribution in [0.15, 0.2) is 28.9 Å². The number of nitrogens with zero attached hydrogens (tertiary/aromatic N) is 2. The van der Waals surface area contributed by atoms with Gasteiger partial charge < -0.3 is 9.30 Å². The lowest BCUT2D eigenvalue weighted by Crippen LogP contribution is -2.12. The predicted octanol–water partition coefficient (Wildman–Crippen LogP) is 4.32. The molecule has 0 saturated carbocycles. The van der Waals surface area contributed by atoms with Gasteiger partial charge in [0.2, 0.25) is 0 Å². The Hall–Kier alpha value is -1.06. The van der Waals surface area contributed by atoms with Crippen LogP contribution >= 0.6 is 15.9 Å². The van der Waals surface area contributed by atoms with Crippen molar-refractivity contribution < 1.29 is 22.3 Å². The summed E-state index contributed by atoms with van der Waals surface area (Å²) in [6.07, 6.45) is 0.329. The molecule has 0 atom stereocenters. The molecule has 0 aliphatic carbocycles. The van der Waals surface area contributed by atoms with E-state index in [1.54, 1.807) is 6.07 Å². The number of hydrogen-bond acceptors (Lipinski definition) is 2. The Bertz CT molecular complexity index is 703. The summed E-state index contributed by atoms with van der Waals surface area (Å²) in [4.78, 5) is 3.56. The van der Waals surface area contributed by atoms with E-state index >= 15 is 0 Å². The van der Waals surface area contributed by atoms with Crippen molar-refractivity contribution >= 4 is 26.8 Å². The molecule has 1 heterocycles. The van der Waals surface area contributed by atoms with E-state index < -0.39 is 17.7 Å². The van der Waals surface area contributed by atoms with Gasteiger partial charge >= 0.3 is 6.18 Å². The molecule has 0 bridgehead atoms. The van der Waals surface area contributed by atoms with Crippen LogP contribution in [0.1, 0.15) is 5.69 Å². The number of imidazole rings is 1. The summed E-state index contributed by atoms with van der Waals surface area (Å²) < 4.78 is 60.0. The molecule has 1 aromatic carbocycles. The van der Waals surface area contributed by atoms with Crippen molar-refractivity contribution in [3.63, 3.8) is 0 Å². The van der Waals surface area contributed by atoms with E-state index in [1.807, 2.05) is 12.5 Å². The molecule has 0 unspecified atom stereocenters. The van der Waals surface area contributed by atoms with Crippen molar-refractivity contribution in [2.45, 2.75) is 12.9 Å². The fourth-order valence-corrected chi connectivity index (χ4v) is 2.71. The van der Waals surface area contributed by atoms with Crippen molar-refractivity contribution in [2.75, 3.05) is 24.9 Å². The zero-order valence-electron chi connectivity index (χ0n) is 13.0. The van der Waals surface area contributed by atoms with Crippen LogP contribution < -0.4 is 0 Å². The third kappa shape index (κ3) is 4.97. The highest BCUT2D eigenvalue weighted by atomic mass is 79.9. The first-order valence-corrected chi connectivity index (χ1v) is 9.90. The van der Waals surface area contributed by atoms with Gasteiger partial charge in [-0.15, -0.1) is 0 Å². The highest BCUT2D eigenvalue weighted by Gasteiger charge is 2.35. The first kappa shape index (κ1) is 19.3. The van der Waals surface area contributed by atoms with Gasteiger partial charge in [0.05, 0.1) is 24.7 Å². The molecule has 0 spiro atoms. The summed E-state index contributed by atoms with van der Waals surface area (Å²) in [5.74, 6) is 0.0379. The molecule has 3 nitrogen and oxygen atoms in total. The molecule has 0 aliphatic heterocycles. The van der Waals surface area contributed by atoms with Crippen molar-refractivity contribution in [1.82, 2.24) is 9.55 Å². The first-order chi connectivity index (χ1) is 11.2. The maximum Gasteiger partial charge on any atom is 0.434 e.